The molecular formula is C14H20N2OS. The molecule has 0 aromatic heterocycles. The monoisotopic (exact) mass is 264 g/mol. The zero-order valence-electron chi connectivity index (χ0n) is 11.2. The Morgan fingerprint density at radius 1 is 1.39 bits per heavy atom. The molecule has 2 rings (SSSR count). The van der Waals surface area contributed by atoms with Gasteiger partial charge in [0.15, 0.2) is 5.17 Å². The van der Waals surface area contributed by atoms with Crippen molar-refractivity contribution in [3.8, 4) is 5.75 Å². The van der Waals surface area contributed by atoms with Crippen LogP contribution in [0.2, 0.25) is 0 Å². The van der Waals surface area contributed by atoms with Gasteiger partial charge in [-0.05, 0) is 31.9 Å². The number of rotatable bonds is 4. The Hall–Kier alpha value is -1.16. The highest BCUT2D eigenvalue weighted by molar-refractivity contribution is 8.14. The number of ether oxygens (including phenoxy) is 1. The van der Waals surface area contributed by atoms with E-state index in [0.717, 1.165) is 29.6 Å². The first kappa shape index (κ1) is 13.3. The van der Waals surface area contributed by atoms with E-state index in [-0.39, 0.29) is 5.54 Å². The number of hydrogen-bond acceptors (Lipinski definition) is 3. The van der Waals surface area contributed by atoms with Crippen LogP contribution in [-0.2, 0) is 6.42 Å². The van der Waals surface area contributed by atoms with Gasteiger partial charge in [-0.3, -0.25) is 4.99 Å². The summed E-state index contributed by atoms with van der Waals surface area (Å²) < 4.78 is 5.33. The van der Waals surface area contributed by atoms with Crippen LogP contribution in [-0.4, -0.2) is 30.1 Å². The van der Waals surface area contributed by atoms with Crippen LogP contribution < -0.4 is 10.1 Å². The fourth-order valence-electron chi connectivity index (χ4n) is 1.88. The molecule has 0 unspecified atom stereocenters. The maximum atomic E-state index is 5.33. The predicted octanol–water partition coefficient (Wildman–Crippen LogP) is 2.71. The van der Waals surface area contributed by atoms with E-state index < -0.39 is 0 Å². The molecule has 98 valence electrons. The van der Waals surface area contributed by atoms with Gasteiger partial charge in [0.1, 0.15) is 5.75 Å². The molecule has 0 bridgehead atoms. The molecule has 1 fully saturated rings. The van der Waals surface area contributed by atoms with Crippen molar-refractivity contribution in [3.63, 3.8) is 0 Å². The van der Waals surface area contributed by atoms with E-state index in [0.29, 0.717) is 0 Å². The Morgan fingerprint density at radius 3 is 2.83 bits per heavy atom. The molecule has 1 N–H and O–H groups in total. The number of hydrogen-bond donors (Lipinski definition) is 1. The number of aliphatic imine (C=N–C) groups is 1. The third kappa shape index (κ3) is 3.42. The van der Waals surface area contributed by atoms with Crippen LogP contribution in [0.25, 0.3) is 0 Å². The molecule has 0 spiro atoms. The van der Waals surface area contributed by atoms with Gasteiger partial charge in [-0.25, -0.2) is 0 Å². The van der Waals surface area contributed by atoms with Crippen LogP contribution in [0.3, 0.4) is 0 Å². The minimum Gasteiger partial charge on any atom is -0.496 e. The summed E-state index contributed by atoms with van der Waals surface area (Å²) in [5.41, 5.74) is 1.39. The van der Waals surface area contributed by atoms with Gasteiger partial charge in [-0.15, -0.1) is 0 Å². The second-order valence-electron chi connectivity index (χ2n) is 5.05. The van der Waals surface area contributed by atoms with E-state index in [4.69, 9.17) is 4.74 Å². The molecule has 0 amide bonds. The highest BCUT2D eigenvalue weighted by Crippen LogP contribution is 2.22. The lowest BCUT2D eigenvalue weighted by atomic mass is 10.1. The number of methoxy groups -OCH3 is 1. The van der Waals surface area contributed by atoms with Crippen molar-refractivity contribution in [2.24, 2.45) is 4.99 Å². The van der Waals surface area contributed by atoms with E-state index in [1.54, 1.807) is 18.9 Å². The van der Waals surface area contributed by atoms with E-state index in [1.165, 1.54) is 5.56 Å². The second-order valence-corrected chi connectivity index (χ2v) is 6.01. The second kappa shape index (κ2) is 5.65. The van der Waals surface area contributed by atoms with E-state index in [9.17, 15) is 0 Å². The van der Waals surface area contributed by atoms with Gasteiger partial charge >= 0.3 is 0 Å². The van der Waals surface area contributed by atoms with Gasteiger partial charge in [0.05, 0.1) is 7.11 Å². The highest BCUT2D eigenvalue weighted by atomic mass is 32.2. The van der Waals surface area contributed by atoms with Crippen molar-refractivity contribution >= 4 is 16.9 Å². The number of amidine groups is 1. The van der Waals surface area contributed by atoms with Gasteiger partial charge in [-0.2, -0.15) is 0 Å². The zero-order chi connectivity index (χ0) is 13.0. The Morgan fingerprint density at radius 2 is 2.17 bits per heavy atom. The lowest BCUT2D eigenvalue weighted by molar-refractivity contribution is 0.410. The zero-order valence-corrected chi connectivity index (χ0v) is 12.0. The Balaban J connectivity index is 1.91. The average molecular weight is 264 g/mol. The molecule has 1 aromatic carbocycles. The van der Waals surface area contributed by atoms with Gasteiger partial charge in [0.25, 0.3) is 0 Å². The Labute approximate surface area is 113 Å². The molecule has 0 radical (unpaired) electrons. The lowest BCUT2D eigenvalue weighted by Gasteiger charge is -2.15. The minimum absolute atomic E-state index is 0.175. The first-order valence-electron chi connectivity index (χ1n) is 6.18. The van der Waals surface area contributed by atoms with Crippen LogP contribution in [0.4, 0.5) is 0 Å². The number of thioether (sulfide) groups is 1. The number of para-hydroxylation sites is 1. The molecule has 1 heterocycles. The summed E-state index contributed by atoms with van der Waals surface area (Å²) in [6.07, 6.45) is 0.913. The quantitative estimate of drug-likeness (QED) is 0.908. The van der Waals surface area contributed by atoms with E-state index in [1.807, 2.05) is 18.2 Å². The summed E-state index contributed by atoms with van der Waals surface area (Å²) in [6.45, 7) is 5.19. The lowest BCUT2D eigenvalue weighted by Crippen LogP contribution is -2.36. The first-order valence-corrected chi connectivity index (χ1v) is 7.17. The number of nitrogens with one attached hydrogen (secondary N) is 1. The standard InChI is InChI=1S/C14H20N2OS/c1-14(2)10-18-13(16-14)15-9-8-11-6-4-5-7-12(11)17-3/h4-7H,8-10H2,1-3H3,(H,15,16). The van der Waals surface area contributed by atoms with E-state index >= 15 is 0 Å². The summed E-state index contributed by atoms with van der Waals surface area (Å²) in [6, 6.07) is 8.12. The average Bonchev–Trinajstić information content (AvgIpc) is 2.69. The normalized spacial score (nSPS) is 19.8. The number of benzene rings is 1. The fourth-order valence-corrected chi connectivity index (χ4v) is 2.98. The molecule has 4 heteroatoms. The number of nitrogens with zero attached hydrogens (tertiary/aromatic N) is 1. The van der Waals surface area contributed by atoms with Crippen LogP contribution in [0.15, 0.2) is 29.3 Å². The molecule has 0 saturated carbocycles. The van der Waals surface area contributed by atoms with Crippen LogP contribution in [0, 0.1) is 0 Å². The molecule has 1 aliphatic heterocycles. The molecule has 1 aromatic rings. The van der Waals surface area contributed by atoms with Crippen LogP contribution in [0.5, 0.6) is 5.75 Å². The fraction of sp³-hybridized carbons (Fsp3) is 0.500. The van der Waals surface area contributed by atoms with Crippen molar-refractivity contribution in [2.45, 2.75) is 25.8 Å². The van der Waals surface area contributed by atoms with Gasteiger partial charge in [0.2, 0.25) is 0 Å². The van der Waals surface area contributed by atoms with Gasteiger partial charge in [0, 0.05) is 17.8 Å². The molecular weight excluding hydrogens is 244 g/mol. The van der Waals surface area contributed by atoms with Crippen molar-refractivity contribution in [3.05, 3.63) is 29.8 Å². The SMILES string of the molecule is COc1ccccc1CCN=C1NC(C)(C)CS1. The third-order valence-corrected chi connectivity index (χ3v) is 4.21. The molecule has 0 atom stereocenters. The van der Waals surface area contributed by atoms with Gasteiger partial charge in [-0.1, -0.05) is 30.0 Å². The summed E-state index contributed by atoms with van der Waals surface area (Å²) in [5.74, 6) is 2.03. The summed E-state index contributed by atoms with van der Waals surface area (Å²) in [5, 5.41) is 4.49. The van der Waals surface area contributed by atoms with Crippen molar-refractivity contribution in [2.75, 3.05) is 19.4 Å². The molecule has 18 heavy (non-hydrogen) atoms. The molecule has 3 nitrogen and oxygen atoms in total. The Kier molecular flexibility index (Phi) is 4.17. The smallest absolute Gasteiger partial charge is 0.157 e. The summed E-state index contributed by atoms with van der Waals surface area (Å²) >= 11 is 1.80. The Bertz CT molecular complexity index is 443. The van der Waals surface area contributed by atoms with E-state index in [2.05, 4.69) is 30.2 Å². The third-order valence-electron chi connectivity index (χ3n) is 2.84. The predicted molar refractivity (Wildman–Crippen MR) is 78.7 cm³/mol. The first-order chi connectivity index (χ1) is 8.61. The highest BCUT2D eigenvalue weighted by Gasteiger charge is 2.26. The largest absolute Gasteiger partial charge is 0.496 e. The molecule has 1 aliphatic rings. The molecule has 0 aliphatic carbocycles. The topological polar surface area (TPSA) is 33.6 Å². The van der Waals surface area contributed by atoms with Crippen molar-refractivity contribution in [1.29, 1.82) is 0 Å². The summed E-state index contributed by atoms with van der Waals surface area (Å²) in [4.78, 5) is 4.60. The maximum Gasteiger partial charge on any atom is 0.157 e. The van der Waals surface area contributed by atoms with Crippen LogP contribution in [0.1, 0.15) is 19.4 Å². The minimum atomic E-state index is 0.175. The molecule has 1 saturated heterocycles. The van der Waals surface area contributed by atoms with Crippen molar-refractivity contribution < 1.29 is 4.74 Å². The summed E-state index contributed by atoms with van der Waals surface area (Å²) in [7, 11) is 1.71. The van der Waals surface area contributed by atoms with Crippen LogP contribution >= 0.6 is 11.8 Å². The van der Waals surface area contributed by atoms with Crippen molar-refractivity contribution in [1.82, 2.24) is 5.32 Å². The van der Waals surface area contributed by atoms with Gasteiger partial charge < -0.3 is 10.1 Å². The maximum absolute atomic E-state index is 5.33.